The van der Waals surface area contributed by atoms with Crippen LogP contribution >= 0.6 is 70.2 Å². The third-order valence-electron chi connectivity index (χ3n) is 3.79. The number of hydrogen-bond acceptors (Lipinski definition) is 3. The summed E-state index contributed by atoms with van der Waals surface area (Å²) in [6.45, 7) is 1.78. The number of carbonyl (C=O) groups is 1. The number of amides is 1. The van der Waals surface area contributed by atoms with E-state index in [1.807, 2.05) is 19.1 Å². The summed E-state index contributed by atoms with van der Waals surface area (Å²) in [5.41, 5.74) is 1.61. The van der Waals surface area contributed by atoms with Crippen molar-refractivity contribution in [2.45, 2.75) is 23.3 Å². The van der Waals surface area contributed by atoms with E-state index in [9.17, 15) is 4.79 Å². The summed E-state index contributed by atoms with van der Waals surface area (Å²) in [4.78, 5) is 12.3. The minimum Gasteiger partial charge on any atom is -0.484 e. The van der Waals surface area contributed by atoms with E-state index < -0.39 is 15.9 Å². The maximum Gasteiger partial charge on any atom is 0.259 e. The van der Waals surface area contributed by atoms with Crippen molar-refractivity contribution in [3.8, 4) is 5.75 Å². The van der Waals surface area contributed by atoms with Crippen LogP contribution in [0.25, 0.3) is 0 Å². The van der Waals surface area contributed by atoms with Gasteiger partial charge in [-0.3, -0.25) is 4.79 Å². The third kappa shape index (κ3) is 8.17. The second-order valence-electron chi connectivity index (χ2n) is 6.05. The first kappa shape index (κ1) is 25.1. The molecule has 0 aliphatic heterocycles. The van der Waals surface area contributed by atoms with Crippen LogP contribution < -0.4 is 20.7 Å². The molecule has 1 amide bonds. The van der Waals surface area contributed by atoms with E-state index in [4.69, 9.17) is 75.0 Å². The molecule has 0 aliphatic carbocycles. The Bertz CT molecular complexity index is 891. The highest BCUT2D eigenvalue weighted by Crippen LogP contribution is 2.30. The summed E-state index contributed by atoms with van der Waals surface area (Å²) in [6, 6.07) is 12.2. The van der Waals surface area contributed by atoms with Crippen molar-refractivity contribution in [2.75, 3.05) is 11.9 Å². The quantitative estimate of drug-likeness (QED) is 0.243. The van der Waals surface area contributed by atoms with Crippen LogP contribution in [0.3, 0.4) is 0 Å². The van der Waals surface area contributed by atoms with Gasteiger partial charge in [0.25, 0.3) is 5.91 Å². The Kier molecular flexibility index (Phi) is 9.60. The van der Waals surface area contributed by atoms with Crippen LogP contribution in [0, 0.1) is 0 Å². The van der Waals surface area contributed by atoms with Gasteiger partial charge in [-0.05, 0) is 54.5 Å². The van der Waals surface area contributed by atoms with Crippen molar-refractivity contribution >= 4 is 86.9 Å². The Balaban J connectivity index is 1.95. The summed E-state index contributed by atoms with van der Waals surface area (Å²) in [7, 11) is 0. The van der Waals surface area contributed by atoms with Crippen LogP contribution in [0.4, 0.5) is 5.69 Å². The van der Waals surface area contributed by atoms with Crippen molar-refractivity contribution < 1.29 is 9.53 Å². The van der Waals surface area contributed by atoms with Gasteiger partial charge in [0.2, 0.25) is 3.79 Å². The highest BCUT2D eigenvalue weighted by atomic mass is 35.6. The molecule has 0 fully saturated rings. The minimum absolute atomic E-state index is 0.0619. The van der Waals surface area contributed by atoms with Gasteiger partial charge in [0, 0.05) is 5.02 Å². The van der Waals surface area contributed by atoms with E-state index in [1.54, 1.807) is 30.3 Å². The Hall–Kier alpha value is -1.15. The number of carbonyl (C=O) groups excluding carboxylic acids is 1. The lowest BCUT2D eigenvalue weighted by molar-refractivity contribution is -0.123. The van der Waals surface area contributed by atoms with Crippen molar-refractivity contribution in [1.82, 2.24) is 10.6 Å². The monoisotopic (exact) mass is 527 g/mol. The molecule has 30 heavy (non-hydrogen) atoms. The standard InChI is InChI=1S/C19H18Cl5N3O2S/c1-2-11-3-6-13(7-4-11)29-10-16(28)26-17(19(22,23)24)27-18(30)25-15-9-12(20)5-8-14(15)21/h3-9,17H,2,10H2,1H3,(H,26,28)(H2,25,27,30)/t17-/m1/s1. The predicted octanol–water partition coefficient (Wildman–Crippen LogP) is 5.73. The molecule has 0 saturated carbocycles. The van der Waals surface area contributed by atoms with Gasteiger partial charge >= 0.3 is 0 Å². The normalized spacial score (nSPS) is 12.1. The number of hydrogen-bond donors (Lipinski definition) is 3. The molecule has 2 aromatic rings. The van der Waals surface area contributed by atoms with Gasteiger partial charge in [0.1, 0.15) is 11.9 Å². The number of anilines is 1. The second-order valence-corrected chi connectivity index (χ2v) is 9.67. The van der Waals surface area contributed by atoms with Crippen LogP contribution in [0.1, 0.15) is 12.5 Å². The molecule has 0 bridgehead atoms. The van der Waals surface area contributed by atoms with E-state index in [0.717, 1.165) is 12.0 Å². The average molecular weight is 530 g/mol. The number of alkyl halides is 3. The summed E-state index contributed by atoms with van der Waals surface area (Å²) in [6.07, 6.45) is -0.231. The minimum atomic E-state index is -1.90. The molecule has 0 unspecified atom stereocenters. The van der Waals surface area contributed by atoms with Crippen LogP contribution in [0.15, 0.2) is 42.5 Å². The molecule has 162 valence electrons. The molecule has 0 heterocycles. The Morgan fingerprint density at radius 1 is 1.10 bits per heavy atom. The van der Waals surface area contributed by atoms with Crippen LogP contribution in [0.5, 0.6) is 5.75 Å². The van der Waals surface area contributed by atoms with E-state index in [0.29, 0.717) is 21.5 Å². The summed E-state index contributed by atoms with van der Waals surface area (Å²) in [5, 5.41) is 9.02. The molecule has 0 saturated heterocycles. The molecule has 2 rings (SSSR count). The molecule has 1 atom stereocenters. The molecule has 0 radical (unpaired) electrons. The number of rotatable bonds is 7. The zero-order chi connectivity index (χ0) is 22.3. The third-order valence-corrected chi connectivity index (χ3v) is 5.23. The first-order valence-corrected chi connectivity index (χ1v) is 11.0. The van der Waals surface area contributed by atoms with Gasteiger partial charge in [0.15, 0.2) is 11.7 Å². The number of halogens is 5. The van der Waals surface area contributed by atoms with Gasteiger partial charge in [0.05, 0.1) is 10.7 Å². The van der Waals surface area contributed by atoms with Crippen LogP contribution in [0.2, 0.25) is 10.0 Å². The zero-order valence-corrected chi connectivity index (χ0v) is 20.2. The number of benzene rings is 2. The highest BCUT2D eigenvalue weighted by molar-refractivity contribution is 7.80. The molecular weight excluding hydrogens is 512 g/mol. The number of thiocarbonyl (C=S) groups is 1. The van der Waals surface area contributed by atoms with Crippen molar-refractivity contribution in [3.63, 3.8) is 0 Å². The van der Waals surface area contributed by atoms with Crippen molar-refractivity contribution in [2.24, 2.45) is 0 Å². The second kappa shape index (κ2) is 11.5. The first-order chi connectivity index (χ1) is 14.1. The molecule has 2 aromatic carbocycles. The molecule has 0 spiro atoms. The van der Waals surface area contributed by atoms with Gasteiger partial charge in [-0.25, -0.2) is 0 Å². The Morgan fingerprint density at radius 3 is 2.37 bits per heavy atom. The average Bonchev–Trinajstić information content (AvgIpc) is 2.68. The molecule has 11 heteroatoms. The predicted molar refractivity (Wildman–Crippen MR) is 129 cm³/mol. The van der Waals surface area contributed by atoms with Crippen LogP contribution in [-0.2, 0) is 11.2 Å². The van der Waals surface area contributed by atoms with Gasteiger partial charge < -0.3 is 20.7 Å². The summed E-state index contributed by atoms with van der Waals surface area (Å²) in [5.74, 6) is 0.0375. The fourth-order valence-electron chi connectivity index (χ4n) is 2.26. The topological polar surface area (TPSA) is 62.4 Å². The molecule has 5 nitrogen and oxygen atoms in total. The molecule has 3 N–H and O–H groups in total. The SMILES string of the molecule is CCc1ccc(OCC(=O)N[C@H](NC(=S)Nc2cc(Cl)ccc2Cl)C(Cl)(Cl)Cl)cc1. The maximum atomic E-state index is 12.3. The number of aryl methyl sites for hydroxylation is 1. The number of nitrogens with one attached hydrogen (secondary N) is 3. The lowest BCUT2D eigenvalue weighted by atomic mass is 10.2. The molecular formula is C19H18Cl5N3O2S. The Morgan fingerprint density at radius 2 is 1.77 bits per heavy atom. The van der Waals surface area contributed by atoms with Crippen molar-refractivity contribution in [1.29, 1.82) is 0 Å². The summed E-state index contributed by atoms with van der Waals surface area (Å²) >= 11 is 35.2. The number of ether oxygens (including phenoxy) is 1. The van der Waals surface area contributed by atoms with E-state index in [2.05, 4.69) is 16.0 Å². The fourth-order valence-corrected chi connectivity index (χ4v) is 3.15. The maximum absolute atomic E-state index is 12.3. The summed E-state index contributed by atoms with van der Waals surface area (Å²) < 4.78 is 3.56. The largest absolute Gasteiger partial charge is 0.484 e. The van der Waals surface area contributed by atoms with E-state index in [-0.39, 0.29) is 11.7 Å². The Labute approximate surface area is 205 Å². The first-order valence-electron chi connectivity index (χ1n) is 8.69. The highest BCUT2D eigenvalue weighted by Gasteiger charge is 2.34. The van der Waals surface area contributed by atoms with E-state index >= 15 is 0 Å². The lowest BCUT2D eigenvalue weighted by Gasteiger charge is -2.27. The zero-order valence-electron chi connectivity index (χ0n) is 15.6. The van der Waals surface area contributed by atoms with Crippen molar-refractivity contribution in [3.05, 3.63) is 58.1 Å². The van der Waals surface area contributed by atoms with Gasteiger partial charge in [-0.15, -0.1) is 0 Å². The van der Waals surface area contributed by atoms with Crippen LogP contribution in [-0.4, -0.2) is 27.6 Å². The van der Waals surface area contributed by atoms with E-state index in [1.165, 1.54) is 0 Å². The smallest absolute Gasteiger partial charge is 0.259 e. The van der Waals surface area contributed by atoms with Gasteiger partial charge in [-0.2, -0.15) is 0 Å². The fraction of sp³-hybridized carbons (Fsp3) is 0.263. The molecule has 0 aromatic heterocycles. The van der Waals surface area contributed by atoms with Gasteiger partial charge in [-0.1, -0.05) is 77.1 Å². The molecule has 0 aliphatic rings. The lowest BCUT2D eigenvalue weighted by Crippen LogP contribution is -2.57.